The number of methoxy groups -OCH3 is 1. The van der Waals surface area contributed by atoms with Gasteiger partial charge in [-0.2, -0.15) is 13.2 Å². The normalized spacial score (nSPS) is 11.1. The van der Waals surface area contributed by atoms with Gasteiger partial charge in [0.2, 0.25) is 5.91 Å². The zero-order valence-electron chi connectivity index (χ0n) is 17.5. The number of hydrogen-bond acceptors (Lipinski definition) is 5. The molecule has 0 bridgehead atoms. The first-order valence-electron chi connectivity index (χ1n) is 9.82. The molecule has 9 heteroatoms. The molecule has 0 saturated heterocycles. The number of benzene rings is 2. The molecule has 170 valence electrons. The number of carbonyl (C=O) groups excluding carboxylic acids is 1. The quantitative estimate of drug-likeness (QED) is 0.474. The Morgan fingerprint density at radius 3 is 2.26 bits per heavy atom. The highest BCUT2D eigenvalue weighted by Gasteiger charge is 2.31. The number of nitrogens with one attached hydrogen (secondary N) is 1. The van der Waals surface area contributed by atoms with Gasteiger partial charge >= 0.3 is 6.18 Å². The third-order valence-corrected chi connectivity index (χ3v) is 4.08. The summed E-state index contributed by atoms with van der Waals surface area (Å²) in [6, 6.07) is 10.1. The van der Waals surface area contributed by atoms with Gasteiger partial charge in [-0.3, -0.25) is 4.79 Å². The molecule has 0 fully saturated rings. The standard InChI is InChI=1S/C22H26F3NO5/c1-3-29-19-7-4-5-8-20(19)30-12-6-9-21(27)26-17-15-16(22(23,24)25)10-11-18(17)31-14-13-28-2/h4-5,7-8,10-11,15H,3,6,9,12-14H2,1-2H3,(H,26,27). The Morgan fingerprint density at radius 1 is 0.935 bits per heavy atom. The van der Waals surface area contributed by atoms with Gasteiger partial charge in [0.15, 0.2) is 11.5 Å². The second kappa shape index (κ2) is 12.0. The molecule has 1 amide bonds. The van der Waals surface area contributed by atoms with Gasteiger partial charge in [0, 0.05) is 13.5 Å². The number of amides is 1. The molecule has 0 aromatic heterocycles. The number of para-hydroxylation sites is 2. The van der Waals surface area contributed by atoms with E-state index in [1.807, 2.05) is 19.1 Å². The predicted molar refractivity (Wildman–Crippen MR) is 110 cm³/mol. The van der Waals surface area contributed by atoms with E-state index in [1.54, 1.807) is 12.1 Å². The summed E-state index contributed by atoms with van der Waals surface area (Å²) < 4.78 is 60.5. The summed E-state index contributed by atoms with van der Waals surface area (Å²) in [7, 11) is 1.48. The first kappa shape index (κ1) is 24.3. The Morgan fingerprint density at radius 2 is 1.61 bits per heavy atom. The molecule has 0 radical (unpaired) electrons. The number of alkyl halides is 3. The van der Waals surface area contributed by atoms with E-state index in [0.29, 0.717) is 24.5 Å². The number of anilines is 1. The Bertz CT molecular complexity index is 842. The highest BCUT2D eigenvalue weighted by molar-refractivity contribution is 5.92. The van der Waals surface area contributed by atoms with E-state index in [-0.39, 0.29) is 37.7 Å². The first-order chi connectivity index (χ1) is 14.8. The topological polar surface area (TPSA) is 66.0 Å². The minimum Gasteiger partial charge on any atom is -0.490 e. The zero-order chi connectivity index (χ0) is 22.7. The summed E-state index contributed by atoms with van der Waals surface area (Å²) in [5, 5.41) is 2.50. The highest BCUT2D eigenvalue weighted by Crippen LogP contribution is 2.35. The van der Waals surface area contributed by atoms with Gasteiger partial charge in [0.25, 0.3) is 0 Å². The van der Waals surface area contributed by atoms with Gasteiger partial charge in [0.1, 0.15) is 12.4 Å². The fourth-order valence-corrected chi connectivity index (χ4v) is 2.64. The van der Waals surface area contributed by atoms with Crippen molar-refractivity contribution in [2.45, 2.75) is 25.9 Å². The van der Waals surface area contributed by atoms with Crippen molar-refractivity contribution >= 4 is 11.6 Å². The SMILES string of the molecule is CCOc1ccccc1OCCCC(=O)Nc1cc(C(F)(F)F)ccc1OCCOC. The number of carbonyl (C=O) groups is 1. The van der Waals surface area contributed by atoms with Crippen LogP contribution >= 0.6 is 0 Å². The van der Waals surface area contributed by atoms with Crippen molar-refractivity contribution in [1.29, 1.82) is 0 Å². The molecule has 0 atom stereocenters. The largest absolute Gasteiger partial charge is 0.490 e. The van der Waals surface area contributed by atoms with Crippen molar-refractivity contribution in [2.75, 3.05) is 38.9 Å². The molecule has 31 heavy (non-hydrogen) atoms. The van der Waals surface area contributed by atoms with E-state index in [4.69, 9.17) is 18.9 Å². The summed E-state index contributed by atoms with van der Waals surface area (Å²) in [6.45, 7) is 3.00. The molecule has 6 nitrogen and oxygen atoms in total. The summed E-state index contributed by atoms with van der Waals surface area (Å²) in [5.41, 5.74) is -0.920. The van der Waals surface area contributed by atoms with E-state index in [9.17, 15) is 18.0 Å². The van der Waals surface area contributed by atoms with Crippen LogP contribution in [-0.2, 0) is 15.7 Å². The van der Waals surface area contributed by atoms with Crippen LogP contribution in [0.25, 0.3) is 0 Å². The Labute approximate surface area is 179 Å². The molecule has 2 aromatic rings. The van der Waals surface area contributed by atoms with Crippen molar-refractivity contribution in [3.8, 4) is 17.2 Å². The van der Waals surface area contributed by atoms with Gasteiger partial charge in [-0.15, -0.1) is 0 Å². The number of rotatable bonds is 12. The van der Waals surface area contributed by atoms with E-state index < -0.39 is 17.6 Å². The fourth-order valence-electron chi connectivity index (χ4n) is 2.64. The maximum Gasteiger partial charge on any atom is 0.416 e. The summed E-state index contributed by atoms with van der Waals surface area (Å²) >= 11 is 0. The van der Waals surface area contributed by atoms with Crippen LogP contribution in [0.1, 0.15) is 25.3 Å². The van der Waals surface area contributed by atoms with Crippen LogP contribution in [0.2, 0.25) is 0 Å². The van der Waals surface area contributed by atoms with E-state index in [2.05, 4.69) is 5.32 Å². The van der Waals surface area contributed by atoms with Crippen LogP contribution in [0.15, 0.2) is 42.5 Å². The molecule has 0 aliphatic rings. The lowest BCUT2D eigenvalue weighted by molar-refractivity contribution is -0.137. The summed E-state index contributed by atoms with van der Waals surface area (Å²) in [6.07, 6.45) is -4.11. The molecule has 0 aliphatic heterocycles. The third kappa shape index (κ3) is 8.01. The van der Waals surface area contributed by atoms with Crippen molar-refractivity contribution in [1.82, 2.24) is 0 Å². The average molecular weight is 441 g/mol. The highest BCUT2D eigenvalue weighted by atomic mass is 19.4. The fraction of sp³-hybridized carbons (Fsp3) is 0.409. The monoisotopic (exact) mass is 441 g/mol. The second-order valence-corrected chi connectivity index (χ2v) is 6.43. The van der Waals surface area contributed by atoms with Crippen LogP contribution in [0, 0.1) is 0 Å². The lowest BCUT2D eigenvalue weighted by atomic mass is 10.1. The van der Waals surface area contributed by atoms with Gasteiger partial charge in [-0.25, -0.2) is 0 Å². The molecule has 1 N–H and O–H groups in total. The van der Waals surface area contributed by atoms with E-state index in [1.165, 1.54) is 13.2 Å². The van der Waals surface area contributed by atoms with Gasteiger partial charge in [0.05, 0.1) is 31.1 Å². The molecular weight excluding hydrogens is 415 g/mol. The molecule has 0 unspecified atom stereocenters. The predicted octanol–water partition coefficient (Wildman–Crippen LogP) is 4.93. The Hall–Kier alpha value is -2.94. The van der Waals surface area contributed by atoms with E-state index >= 15 is 0 Å². The summed E-state index contributed by atoms with van der Waals surface area (Å²) in [5.74, 6) is 0.866. The van der Waals surface area contributed by atoms with Crippen LogP contribution in [-0.4, -0.2) is 39.4 Å². The van der Waals surface area contributed by atoms with Crippen molar-refractivity contribution in [3.63, 3.8) is 0 Å². The molecule has 2 aromatic carbocycles. The molecule has 0 saturated carbocycles. The number of ether oxygens (including phenoxy) is 4. The number of halogens is 3. The Kier molecular flexibility index (Phi) is 9.45. The molecular formula is C22H26F3NO5. The third-order valence-electron chi connectivity index (χ3n) is 4.08. The van der Waals surface area contributed by atoms with Crippen LogP contribution in [0.3, 0.4) is 0 Å². The molecule has 0 heterocycles. The lowest BCUT2D eigenvalue weighted by Gasteiger charge is -2.15. The minimum atomic E-state index is -4.54. The molecule has 2 rings (SSSR count). The van der Waals surface area contributed by atoms with Crippen molar-refractivity contribution < 1.29 is 36.9 Å². The van der Waals surface area contributed by atoms with Crippen molar-refractivity contribution in [3.05, 3.63) is 48.0 Å². The van der Waals surface area contributed by atoms with Crippen molar-refractivity contribution in [2.24, 2.45) is 0 Å². The zero-order valence-corrected chi connectivity index (χ0v) is 17.5. The first-order valence-corrected chi connectivity index (χ1v) is 9.82. The second-order valence-electron chi connectivity index (χ2n) is 6.43. The van der Waals surface area contributed by atoms with Gasteiger partial charge in [-0.1, -0.05) is 12.1 Å². The maximum atomic E-state index is 13.0. The smallest absolute Gasteiger partial charge is 0.416 e. The van der Waals surface area contributed by atoms with Gasteiger partial charge < -0.3 is 24.3 Å². The average Bonchev–Trinajstić information content (AvgIpc) is 2.73. The minimum absolute atomic E-state index is 0.0430. The van der Waals surface area contributed by atoms with E-state index in [0.717, 1.165) is 12.1 Å². The lowest BCUT2D eigenvalue weighted by Crippen LogP contribution is -2.16. The Balaban J connectivity index is 1.94. The van der Waals surface area contributed by atoms with Crippen LogP contribution in [0.5, 0.6) is 17.2 Å². The van der Waals surface area contributed by atoms with Gasteiger partial charge in [-0.05, 0) is 43.7 Å². The van der Waals surface area contributed by atoms with Crippen LogP contribution in [0.4, 0.5) is 18.9 Å². The summed E-state index contributed by atoms with van der Waals surface area (Å²) in [4.78, 5) is 12.3. The molecule has 0 aliphatic carbocycles. The molecule has 0 spiro atoms. The van der Waals surface area contributed by atoms with Crippen LogP contribution < -0.4 is 19.5 Å². The maximum absolute atomic E-state index is 13.0. The number of hydrogen-bond donors (Lipinski definition) is 1.